The zero-order valence-corrected chi connectivity index (χ0v) is 31.0. The summed E-state index contributed by atoms with van der Waals surface area (Å²) in [5.41, 5.74) is 0.903. The second-order valence-corrected chi connectivity index (χ2v) is 15.2. The van der Waals surface area contributed by atoms with Crippen LogP contribution in [0.4, 0.5) is 9.59 Å². The molecule has 0 radical (unpaired) electrons. The number of quaternary nitrogens is 1. The third-order valence-electron chi connectivity index (χ3n) is 9.65. The van der Waals surface area contributed by atoms with E-state index in [1.54, 1.807) is 6.92 Å². The van der Waals surface area contributed by atoms with Crippen molar-refractivity contribution in [2.45, 2.75) is 144 Å². The summed E-state index contributed by atoms with van der Waals surface area (Å²) in [6, 6.07) is -2.36. The Balaban J connectivity index is 0.000000554. The molecule has 0 spiro atoms. The highest BCUT2D eigenvalue weighted by Gasteiger charge is 2.49. The predicted octanol–water partition coefficient (Wildman–Crippen LogP) is 4.17. The van der Waals surface area contributed by atoms with Crippen molar-refractivity contribution in [2.75, 3.05) is 39.3 Å². The van der Waals surface area contributed by atoms with Gasteiger partial charge in [-0.25, -0.2) is 10.3 Å². The molecule has 2 rings (SSSR count). The van der Waals surface area contributed by atoms with Crippen LogP contribution < -0.4 is 15.9 Å². The second kappa shape index (κ2) is 19.7. The Bertz CT molecular complexity index is 1050. The molecule has 14 nitrogen and oxygen atoms in total. The Morgan fingerprint density at radius 2 is 1.43 bits per heavy atom. The van der Waals surface area contributed by atoms with Crippen molar-refractivity contribution in [1.29, 1.82) is 0 Å². The highest BCUT2D eigenvalue weighted by atomic mass is 32.3. The number of carboxylic acid groups (broad SMARTS) is 1. The highest BCUT2D eigenvalue weighted by molar-refractivity contribution is 7.80. The van der Waals surface area contributed by atoms with E-state index in [0.29, 0.717) is 5.06 Å². The fourth-order valence-electron chi connectivity index (χ4n) is 6.04. The summed E-state index contributed by atoms with van der Waals surface area (Å²) in [5.74, 6) is -0.610. The molecule has 0 aromatic carbocycles. The van der Waals surface area contributed by atoms with Crippen LogP contribution in [0.1, 0.15) is 126 Å². The first-order chi connectivity index (χ1) is 21.9. The van der Waals surface area contributed by atoms with Crippen LogP contribution in [0, 0.1) is 5.41 Å². The number of nitrogens with zero attached hydrogens (tertiary/aromatic N) is 3. The number of fused-ring (bicyclic) bond motifs is 2. The third kappa shape index (κ3) is 14.1. The molecule has 15 heteroatoms. The smallest absolute Gasteiger partial charge is 0.418 e. The molecule has 0 saturated carbocycles. The lowest BCUT2D eigenvalue weighted by atomic mass is 9.73. The Hall–Kier alpha value is -2.20. The normalized spacial score (nSPS) is 19.6. The van der Waals surface area contributed by atoms with E-state index in [-0.39, 0.29) is 32.4 Å². The molecule has 3 atom stereocenters. The molecule has 276 valence electrons. The van der Waals surface area contributed by atoms with E-state index in [1.807, 2.05) is 20.8 Å². The number of piperidine rings is 1. The van der Waals surface area contributed by atoms with Crippen LogP contribution in [0.15, 0.2) is 0 Å². The fourth-order valence-corrected chi connectivity index (χ4v) is 6.43. The number of amides is 4. The van der Waals surface area contributed by atoms with Gasteiger partial charge in [0.25, 0.3) is 5.91 Å². The lowest BCUT2D eigenvalue weighted by molar-refractivity contribution is -0.929. The van der Waals surface area contributed by atoms with Gasteiger partial charge < -0.3 is 24.6 Å². The minimum atomic E-state index is -4.87. The zero-order chi connectivity index (χ0) is 35.9. The van der Waals surface area contributed by atoms with Gasteiger partial charge in [0.05, 0.1) is 38.8 Å². The number of rotatable bonds is 20. The van der Waals surface area contributed by atoms with Crippen LogP contribution in [0.5, 0.6) is 0 Å². The van der Waals surface area contributed by atoms with Crippen molar-refractivity contribution in [1.82, 2.24) is 20.8 Å². The molecule has 1 unspecified atom stereocenters. The Kier molecular flexibility index (Phi) is 18.0. The van der Waals surface area contributed by atoms with Gasteiger partial charge in [0, 0.05) is 12.1 Å². The first kappa shape index (κ1) is 42.8. The van der Waals surface area contributed by atoms with Gasteiger partial charge >= 0.3 is 16.4 Å². The first-order valence-electron chi connectivity index (χ1n) is 17.4. The number of urea groups is 1. The summed E-state index contributed by atoms with van der Waals surface area (Å²) in [6.45, 7) is 22.3. The Labute approximate surface area is 283 Å². The molecular weight excluding hydrogens is 630 g/mol. The summed E-state index contributed by atoms with van der Waals surface area (Å²) in [7, 11) is -4.87. The summed E-state index contributed by atoms with van der Waals surface area (Å²) >= 11 is 0. The summed E-state index contributed by atoms with van der Waals surface area (Å²) < 4.78 is 36.3. The standard InChI is InChI=1S/C16H28N4O9S.C16H36N/c1-15(2,3)16(4,17-13(22)23)7-8-28-18-12(21)11-6-5-10-9-19(11)14(24)20(10)29-30(25,26)27;1-5-9-13-17(14-10-6-2,15-11-7-3)16-12-8-4/h10-11,17H,5-9H2,1-4H3,(H,18,21)(H,22,23)(H,25,26,27);5-16H2,1-4H3/q;+1/p-1/t10-,11+,16?;/m1./s1. The molecule has 0 aliphatic carbocycles. The number of unbranched alkanes of at least 4 members (excludes halogenated alkanes) is 4. The fraction of sp³-hybridized carbons (Fsp3) is 0.906. The molecule has 2 heterocycles. The van der Waals surface area contributed by atoms with E-state index in [1.165, 1.54) is 82.0 Å². The zero-order valence-electron chi connectivity index (χ0n) is 30.1. The second-order valence-electron chi connectivity index (χ2n) is 14.2. The number of hydrogen-bond donors (Lipinski definition) is 3. The maximum absolute atomic E-state index is 12.4. The molecule has 4 amide bonds. The van der Waals surface area contributed by atoms with Gasteiger partial charge in [-0.15, -0.1) is 4.28 Å². The topological polar surface area (TPSA) is 178 Å². The first-order valence-corrected chi connectivity index (χ1v) is 18.8. The third-order valence-corrected chi connectivity index (χ3v) is 10.0. The van der Waals surface area contributed by atoms with Crippen LogP contribution in [-0.4, -0.2) is 102 Å². The lowest BCUT2D eigenvalue weighted by Crippen LogP contribution is -2.59. The Morgan fingerprint density at radius 3 is 1.83 bits per heavy atom. The molecule has 2 aliphatic heterocycles. The molecule has 2 aliphatic rings. The number of nitrogens with one attached hydrogen (secondary N) is 2. The average Bonchev–Trinajstić information content (AvgIpc) is 3.21. The monoisotopic (exact) mass is 693 g/mol. The SMILES string of the molecule is CC(C)(C)C(C)(CCONC(=O)[C@@H]1CC[C@@H]2CN1C(=O)N2OS(=O)(=O)O)NC(=O)[O-].CCCC[N+](CCCC)(CCCC)CCCC. The van der Waals surface area contributed by atoms with Gasteiger partial charge in [0.15, 0.2) is 0 Å². The minimum Gasteiger partial charge on any atom is -0.530 e. The largest absolute Gasteiger partial charge is 0.530 e. The van der Waals surface area contributed by atoms with Crippen molar-refractivity contribution in [3.05, 3.63) is 0 Å². The van der Waals surface area contributed by atoms with Crippen molar-refractivity contribution in [3.63, 3.8) is 0 Å². The van der Waals surface area contributed by atoms with Gasteiger partial charge in [0.2, 0.25) is 0 Å². The molecule has 47 heavy (non-hydrogen) atoms. The van der Waals surface area contributed by atoms with Crippen molar-refractivity contribution in [3.8, 4) is 0 Å². The molecule has 0 aromatic heterocycles. The van der Waals surface area contributed by atoms with Crippen LogP contribution in [-0.2, 0) is 24.3 Å². The van der Waals surface area contributed by atoms with Crippen molar-refractivity contribution >= 4 is 28.4 Å². The van der Waals surface area contributed by atoms with E-state index in [0.717, 1.165) is 4.90 Å². The average molecular weight is 694 g/mol. The van der Waals surface area contributed by atoms with Gasteiger partial charge in [-0.2, -0.15) is 13.5 Å². The van der Waals surface area contributed by atoms with E-state index in [2.05, 4.69) is 42.8 Å². The quantitative estimate of drug-likeness (QED) is 0.0731. The maximum atomic E-state index is 12.4. The van der Waals surface area contributed by atoms with Crippen LogP contribution >= 0.6 is 0 Å². The van der Waals surface area contributed by atoms with Crippen molar-refractivity contribution < 1.29 is 46.1 Å². The molecule has 3 N–H and O–H groups in total. The Morgan fingerprint density at radius 1 is 0.936 bits per heavy atom. The number of carbonyl (C=O) groups is 3. The van der Waals surface area contributed by atoms with Gasteiger partial charge in [-0.3, -0.25) is 14.2 Å². The number of hydroxylamine groups is 3. The van der Waals surface area contributed by atoms with Crippen LogP contribution in [0.25, 0.3) is 0 Å². The maximum Gasteiger partial charge on any atom is 0.418 e. The van der Waals surface area contributed by atoms with Gasteiger partial charge in [-0.05, 0) is 57.3 Å². The van der Waals surface area contributed by atoms with Gasteiger partial charge in [-0.1, -0.05) is 74.1 Å². The predicted molar refractivity (Wildman–Crippen MR) is 178 cm³/mol. The summed E-state index contributed by atoms with van der Waals surface area (Å²) in [6.07, 6.45) is 10.4. The summed E-state index contributed by atoms with van der Waals surface area (Å²) in [5, 5.41) is 13.9. The van der Waals surface area contributed by atoms with Crippen molar-refractivity contribution in [2.24, 2.45) is 5.41 Å². The molecule has 2 fully saturated rings. The molecule has 2 saturated heterocycles. The van der Waals surface area contributed by atoms with E-state index >= 15 is 0 Å². The lowest BCUT2D eigenvalue weighted by Gasteiger charge is -2.43. The molecule has 2 bridgehead atoms. The van der Waals surface area contributed by atoms with Gasteiger partial charge in [0.1, 0.15) is 12.1 Å². The van der Waals surface area contributed by atoms with E-state index < -0.39 is 51.5 Å². The van der Waals surface area contributed by atoms with Crippen LogP contribution in [0.3, 0.4) is 0 Å². The number of carbonyl (C=O) groups excluding carboxylic acids is 3. The minimum absolute atomic E-state index is 0.0128. The highest BCUT2D eigenvalue weighted by Crippen LogP contribution is 2.33. The van der Waals surface area contributed by atoms with Crippen LogP contribution in [0.2, 0.25) is 0 Å². The van der Waals surface area contributed by atoms with E-state index in [9.17, 15) is 27.9 Å². The molecule has 0 aromatic rings. The van der Waals surface area contributed by atoms with E-state index in [4.69, 9.17) is 9.39 Å². The summed E-state index contributed by atoms with van der Waals surface area (Å²) in [4.78, 5) is 42.1. The molecular formula is C32H63N5O9S. The number of hydrogen-bond acceptors (Lipinski definition) is 8.